The highest BCUT2D eigenvalue weighted by atomic mass is 16.5. The van der Waals surface area contributed by atoms with E-state index < -0.39 is 19.5 Å². The lowest BCUT2D eigenvalue weighted by atomic mass is 10.0. The van der Waals surface area contributed by atoms with E-state index in [1.165, 1.54) is 25.3 Å². The van der Waals surface area contributed by atoms with E-state index in [4.69, 9.17) is 22.4 Å². The second kappa shape index (κ2) is 9.94. The fraction of sp³-hybridized carbons (Fsp3) is 0.429. The fourth-order valence-corrected chi connectivity index (χ4v) is 2.33. The molecule has 2 aromatic rings. The zero-order valence-electron chi connectivity index (χ0n) is 20.5. The van der Waals surface area contributed by atoms with Crippen LogP contribution in [0.15, 0.2) is 42.5 Å². The third-order valence-electron chi connectivity index (χ3n) is 3.64. The van der Waals surface area contributed by atoms with E-state index in [0.717, 1.165) is 5.56 Å². The van der Waals surface area contributed by atoms with Gasteiger partial charge in [-0.25, -0.2) is 0 Å². The normalized spacial score (nSPS) is 17.7. The molecule has 0 aliphatic carbocycles. The van der Waals surface area contributed by atoms with E-state index >= 15 is 0 Å². The molecule has 0 amide bonds. The highest BCUT2D eigenvalue weighted by Gasteiger charge is 2.07. The number of rotatable bonds is 10. The molecule has 1 atom stereocenters. The van der Waals surface area contributed by atoms with Gasteiger partial charge in [0.15, 0.2) is 11.5 Å². The Kier molecular flexibility index (Phi) is 4.85. The molecule has 1 N–H and O–H groups in total. The summed E-state index contributed by atoms with van der Waals surface area (Å²) in [6.07, 6.45) is -3.33. The smallest absolute Gasteiger partial charge is 0.160 e. The summed E-state index contributed by atoms with van der Waals surface area (Å²) < 4.78 is 61.8. The topological polar surface area (TPSA) is 47.9 Å². The van der Waals surface area contributed by atoms with Gasteiger partial charge < -0.3 is 19.3 Å². The molecule has 0 heterocycles. The Balaban J connectivity index is 1.95. The summed E-state index contributed by atoms with van der Waals surface area (Å²) >= 11 is 0. The second-order valence-electron chi connectivity index (χ2n) is 5.67. The van der Waals surface area contributed by atoms with Crippen LogP contribution >= 0.6 is 0 Å². The molecule has 0 aromatic heterocycles. The Labute approximate surface area is 158 Å². The quantitative estimate of drug-likeness (QED) is 0.699. The summed E-state index contributed by atoms with van der Waals surface area (Å²) in [5.41, 5.74) is 1.29. The van der Waals surface area contributed by atoms with Crippen LogP contribution in [0.4, 0.5) is 0 Å². The number of hydrogen-bond acceptors (Lipinski definition) is 4. The highest BCUT2D eigenvalue weighted by molar-refractivity contribution is 5.42. The Hall–Kier alpha value is -2.20. The predicted octanol–water partition coefficient (Wildman–Crippen LogP) is 4.16. The molecule has 4 heteroatoms. The van der Waals surface area contributed by atoms with Gasteiger partial charge in [0, 0.05) is 2.74 Å². The van der Waals surface area contributed by atoms with Crippen molar-refractivity contribution in [1.29, 1.82) is 0 Å². The van der Waals surface area contributed by atoms with Gasteiger partial charge in [-0.3, -0.25) is 0 Å². The van der Waals surface area contributed by atoms with Gasteiger partial charge in [0.05, 0.1) is 25.7 Å². The average Bonchev–Trinajstić information content (AvgIpc) is 2.65. The zero-order valence-corrected chi connectivity index (χ0v) is 14.5. The van der Waals surface area contributed by atoms with Gasteiger partial charge >= 0.3 is 0 Å². The zero-order chi connectivity index (χ0) is 23.3. The lowest BCUT2D eigenvalue weighted by molar-refractivity contribution is 0.0976. The van der Waals surface area contributed by atoms with E-state index in [0.29, 0.717) is 5.75 Å². The van der Waals surface area contributed by atoms with E-state index in [1.54, 1.807) is 6.07 Å². The van der Waals surface area contributed by atoms with Crippen molar-refractivity contribution in [1.82, 2.24) is 0 Å². The Morgan fingerprint density at radius 3 is 2.80 bits per heavy atom. The first-order valence-corrected chi connectivity index (χ1v) is 8.11. The minimum Gasteiger partial charge on any atom is -0.493 e. The van der Waals surface area contributed by atoms with Crippen LogP contribution in [0.1, 0.15) is 38.6 Å². The van der Waals surface area contributed by atoms with Crippen LogP contribution in [0, 0.1) is 6.92 Å². The summed E-state index contributed by atoms with van der Waals surface area (Å²) in [7, 11) is -1.30. The van der Waals surface area contributed by atoms with E-state index in [2.05, 4.69) is 0 Å². The lowest BCUT2D eigenvalue weighted by Crippen LogP contribution is -2.17. The van der Waals surface area contributed by atoms with Crippen LogP contribution in [0.2, 0.25) is 0 Å². The third kappa shape index (κ3) is 6.31. The van der Waals surface area contributed by atoms with Crippen LogP contribution in [0.25, 0.3) is 0 Å². The molecule has 25 heavy (non-hydrogen) atoms. The first kappa shape index (κ1) is 12.2. The van der Waals surface area contributed by atoms with Gasteiger partial charge in [-0.15, -0.1) is 0 Å². The van der Waals surface area contributed by atoms with Gasteiger partial charge in [-0.1, -0.05) is 24.6 Å². The summed E-state index contributed by atoms with van der Waals surface area (Å²) in [6, 6.07) is 11.5. The Morgan fingerprint density at radius 2 is 2.04 bits per heavy atom. The highest BCUT2D eigenvalue weighted by Crippen LogP contribution is 2.28. The molecular weight excluding hydrogens is 316 g/mol. The van der Waals surface area contributed by atoms with Gasteiger partial charge in [0.2, 0.25) is 0 Å². The molecule has 0 radical (unpaired) electrons. The largest absolute Gasteiger partial charge is 0.493 e. The first-order valence-electron chi connectivity index (χ1n) is 11.1. The van der Waals surface area contributed by atoms with Crippen molar-refractivity contribution in [2.45, 2.75) is 38.6 Å². The predicted molar refractivity (Wildman–Crippen MR) is 99.8 cm³/mol. The average molecular weight is 350 g/mol. The maximum atomic E-state index is 10.3. The SMILES string of the molecule is [2H]C(O)(CCCC([2H])([2H])c1ccc(OC([2H])([2H])[2H])c(OC)c1)COc1cccc(C)c1. The second-order valence-corrected chi connectivity index (χ2v) is 5.67. The molecule has 2 rings (SSSR count). The number of ether oxygens (including phenoxy) is 3. The molecule has 2 aromatic carbocycles. The molecule has 4 nitrogen and oxygen atoms in total. The summed E-state index contributed by atoms with van der Waals surface area (Å²) in [6.45, 7) is 1.69. The number of hydrogen-bond donors (Lipinski definition) is 1. The van der Waals surface area contributed by atoms with Gasteiger partial charge in [0.25, 0.3) is 0 Å². The maximum Gasteiger partial charge on any atom is 0.160 e. The molecule has 0 fully saturated rings. The van der Waals surface area contributed by atoms with E-state index in [9.17, 15) is 5.11 Å². The minimum absolute atomic E-state index is 0.00381. The van der Waals surface area contributed by atoms with Crippen molar-refractivity contribution >= 4 is 0 Å². The number of benzene rings is 2. The van der Waals surface area contributed by atoms with Crippen LogP contribution < -0.4 is 14.2 Å². The van der Waals surface area contributed by atoms with E-state index in [1.807, 2.05) is 25.1 Å². The van der Waals surface area contributed by atoms with Crippen molar-refractivity contribution in [2.75, 3.05) is 20.8 Å². The maximum absolute atomic E-state index is 10.3. The van der Waals surface area contributed by atoms with Gasteiger partial charge in [-0.05, 0) is 61.5 Å². The van der Waals surface area contributed by atoms with Crippen molar-refractivity contribution in [3.8, 4) is 17.2 Å². The van der Waals surface area contributed by atoms with Crippen molar-refractivity contribution in [2.24, 2.45) is 0 Å². The van der Waals surface area contributed by atoms with Gasteiger partial charge in [-0.2, -0.15) is 0 Å². The van der Waals surface area contributed by atoms with Crippen LogP contribution in [0.3, 0.4) is 0 Å². The first-order chi connectivity index (χ1) is 14.3. The Morgan fingerprint density at radius 1 is 1.16 bits per heavy atom. The standard InChI is InChI=1S/C21H28O4/c1-16-7-6-10-19(13-16)25-15-18(22)9-5-4-8-17-11-12-20(23-2)21(14-17)24-3/h6-7,10-14,18,22H,4-5,8-9,15H2,1-3H3/i2D3,8D2,18D. The molecule has 0 spiro atoms. The fourth-order valence-electron chi connectivity index (χ4n) is 2.33. The monoisotopic (exact) mass is 350 g/mol. The van der Waals surface area contributed by atoms with E-state index in [-0.39, 0.29) is 42.9 Å². The van der Waals surface area contributed by atoms with Crippen molar-refractivity contribution in [3.63, 3.8) is 0 Å². The van der Waals surface area contributed by atoms with Crippen LogP contribution in [0.5, 0.6) is 17.2 Å². The summed E-state index contributed by atoms with van der Waals surface area (Å²) in [4.78, 5) is 0. The van der Waals surface area contributed by atoms with Crippen LogP contribution in [-0.4, -0.2) is 31.9 Å². The molecule has 136 valence electrons. The van der Waals surface area contributed by atoms with Crippen molar-refractivity contribution in [3.05, 3.63) is 53.6 Å². The number of methoxy groups -OCH3 is 2. The molecule has 0 saturated carbocycles. The Bertz CT molecular complexity index is 867. The van der Waals surface area contributed by atoms with Crippen LogP contribution in [-0.2, 0) is 6.37 Å². The number of aliphatic hydroxyl groups is 1. The molecule has 0 aliphatic heterocycles. The number of aryl methyl sites for hydroxylation is 2. The molecule has 1 unspecified atom stereocenters. The molecule has 0 bridgehead atoms. The summed E-state index contributed by atoms with van der Waals surface area (Å²) in [5, 5.41) is 10.3. The minimum atomic E-state index is -2.65. The lowest BCUT2D eigenvalue weighted by Gasteiger charge is -2.13. The third-order valence-corrected chi connectivity index (χ3v) is 3.64. The molecular formula is C21H28O4. The summed E-state index contributed by atoms with van der Waals surface area (Å²) in [5.74, 6) is 0.671. The molecule has 0 aliphatic rings. The van der Waals surface area contributed by atoms with Gasteiger partial charge in [0.1, 0.15) is 12.4 Å². The molecule has 0 saturated heterocycles. The van der Waals surface area contributed by atoms with Crippen molar-refractivity contribution < 1.29 is 27.5 Å².